The van der Waals surface area contributed by atoms with Gasteiger partial charge < -0.3 is 15.4 Å². The number of para-hydroxylation sites is 3. The summed E-state index contributed by atoms with van der Waals surface area (Å²) < 4.78 is 5.73. The molecule has 0 aromatic heterocycles. The van der Waals surface area contributed by atoms with Gasteiger partial charge in [-0.3, -0.25) is 10.1 Å². The molecule has 0 atom stereocenters. The third kappa shape index (κ3) is 4.70. The van der Waals surface area contributed by atoms with Crippen molar-refractivity contribution in [1.82, 2.24) is 0 Å². The molecule has 3 aromatic carbocycles. The van der Waals surface area contributed by atoms with E-state index in [1.807, 2.05) is 0 Å². The van der Waals surface area contributed by atoms with Crippen molar-refractivity contribution in [3.8, 4) is 11.5 Å². The summed E-state index contributed by atoms with van der Waals surface area (Å²) >= 11 is 12.1. The number of ether oxygens (including phenoxy) is 1. The first-order valence-electron chi connectivity index (χ1n) is 7.97. The van der Waals surface area contributed by atoms with E-state index in [4.69, 9.17) is 27.9 Å². The van der Waals surface area contributed by atoms with Crippen LogP contribution >= 0.6 is 23.2 Å². The number of urea groups is 1. The summed E-state index contributed by atoms with van der Waals surface area (Å²) in [6.07, 6.45) is 0. The van der Waals surface area contributed by atoms with Gasteiger partial charge in [0.25, 0.3) is 5.69 Å². The molecule has 0 aliphatic heterocycles. The minimum absolute atomic E-state index is 0.0465. The molecule has 0 spiro atoms. The maximum absolute atomic E-state index is 12.3. The molecule has 0 saturated carbocycles. The number of hydrogen-bond acceptors (Lipinski definition) is 4. The number of carbonyl (C=O) groups excluding carboxylic acids is 1. The van der Waals surface area contributed by atoms with Crippen molar-refractivity contribution >= 4 is 46.3 Å². The lowest BCUT2D eigenvalue weighted by atomic mass is 10.2. The Morgan fingerprint density at radius 3 is 2.18 bits per heavy atom. The van der Waals surface area contributed by atoms with Crippen molar-refractivity contribution in [2.75, 3.05) is 10.6 Å². The zero-order valence-electron chi connectivity index (χ0n) is 14.2. The number of anilines is 2. The Hall–Kier alpha value is -3.29. The third-order valence-corrected chi connectivity index (χ3v) is 4.24. The van der Waals surface area contributed by atoms with E-state index in [-0.39, 0.29) is 11.4 Å². The molecule has 7 nitrogen and oxygen atoms in total. The highest BCUT2D eigenvalue weighted by atomic mass is 35.5. The first-order chi connectivity index (χ1) is 13.4. The van der Waals surface area contributed by atoms with E-state index in [1.54, 1.807) is 42.5 Å². The molecular weight excluding hydrogens is 405 g/mol. The Morgan fingerprint density at radius 2 is 1.54 bits per heavy atom. The number of nitro groups is 1. The molecular formula is C19H13Cl2N3O4. The van der Waals surface area contributed by atoms with E-state index in [0.29, 0.717) is 27.2 Å². The number of non-ortho nitro benzene ring substituents is 1. The normalized spacial score (nSPS) is 10.2. The highest BCUT2D eigenvalue weighted by Crippen LogP contribution is 2.32. The molecule has 0 fully saturated rings. The van der Waals surface area contributed by atoms with Gasteiger partial charge >= 0.3 is 6.03 Å². The molecule has 0 heterocycles. The second-order valence-electron chi connectivity index (χ2n) is 5.53. The number of amides is 2. The molecule has 0 aliphatic carbocycles. The van der Waals surface area contributed by atoms with Crippen LogP contribution in [-0.2, 0) is 0 Å². The van der Waals surface area contributed by atoms with Gasteiger partial charge in [-0.15, -0.1) is 0 Å². The average Bonchev–Trinajstić information content (AvgIpc) is 2.67. The third-order valence-electron chi connectivity index (χ3n) is 3.61. The first kappa shape index (κ1) is 19.5. The van der Waals surface area contributed by atoms with E-state index < -0.39 is 11.0 Å². The Balaban J connectivity index is 1.75. The Labute approximate surface area is 170 Å². The number of nitrogens with zero attached hydrogens (tertiary/aromatic N) is 1. The molecule has 2 amide bonds. The van der Waals surface area contributed by atoms with Crippen LogP contribution in [0.2, 0.25) is 10.0 Å². The number of benzene rings is 3. The number of hydrogen-bond donors (Lipinski definition) is 2. The zero-order chi connectivity index (χ0) is 20.1. The summed E-state index contributed by atoms with van der Waals surface area (Å²) in [7, 11) is 0. The van der Waals surface area contributed by atoms with Crippen molar-refractivity contribution in [2.45, 2.75) is 0 Å². The van der Waals surface area contributed by atoms with Crippen LogP contribution in [0.25, 0.3) is 0 Å². The van der Waals surface area contributed by atoms with Crippen LogP contribution in [0.3, 0.4) is 0 Å². The smallest absolute Gasteiger partial charge is 0.323 e. The molecule has 0 radical (unpaired) electrons. The van der Waals surface area contributed by atoms with Gasteiger partial charge in [0.15, 0.2) is 5.75 Å². The molecule has 28 heavy (non-hydrogen) atoms. The van der Waals surface area contributed by atoms with Gasteiger partial charge in [-0.05, 0) is 36.4 Å². The summed E-state index contributed by atoms with van der Waals surface area (Å²) in [5, 5.41) is 16.6. The van der Waals surface area contributed by atoms with E-state index in [0.717, 1.165) is 0 Å². The molecule has 3 rings (SSSR count). The van der Waals surface area contributed by atoms with Crippen molar-refractivity contribution in [3.05, 3.63) is 86.9 Å². The van der Waals surface area contributed by atoms with Gasteiger partial charge in [0.05, 0.1) is 26.3 Å². The number of nitrogens with one attached hydrogen (secondary N) is 2. The first-order valence-corrected chi connectivity index (χ1v) is 8.73. The quantitative estimate of drug-likeness (QED) is 0.374. The molecule has 0 saturated heterocycles. The van der Waals surface area contributed by atoms with Crippen LogP contribution in [-0.4, -0.2) is 11.0 Å². The topological polar surface area (TPSA) is 93.5 Å². The van der Waals surface area contributed by atoms with Gasteiger partial charge in [0.1, 0.15) is 5.75 Å². The minimum atomic E-state index is -0.560. The van der Waals surface area contributed by atoms with Crippen molar-refractivity contribution in [1.29, 1.82) is 0 Å². The molecule has 0 aliphatic rings. The summed E-state index contributed by atoms with van der Waals surface area (Å²) in [6, 6.07) is 16.7. The monoisotopic (exact) mass is 417 g/mol. The highest BCUT2D eigenvalue weighted by molar-refractivity contribution is 6.39. The molecule has 3 aromatic rings. The second-order valence-corrected chi connectivity index (χ2v) is 6.34. The van der Waals surface area contributed by atoms with Crippen LogP contribution in [0.5, 0.6) is 11.5 Å². The fourth-order valence-corrected chi connectivity index (χ4v) is 2.80. The van der Waals surface area contributed by atoms with E-state index in [1.165, 1.54) is 24.3 Å². The van der Waals surface area contributed by atoms with E-state index >= 15 is 0 Å². The van der Waals surface area contributed by atoms with Crippen LogP contribution in [0, 0.1) is 10.1 Å². The number of nitro benzene ring substituents is 1. The Bertz CT molecular complexity index is 1010. The average molecular weight is 418 g/mol. The maximum atomic E-state index is 12.3. The Morgan fingerprint density at radius 1 is 0.893 bits per heavy atom. The van der Waals surface area contributed by atoms with Crippen LogP contribution in [0.1, 0.15) is 0 Å². The lowest BCUT2D eigenvalue weighted by molar-refractivity contribution is -0.384. The summed E-state index contributed by atoms with van der Waals surface area (Å²) in [6.45, 7) is 0. The van der Waals surface area contributed by atoms with Crippen LogP contribution in [0.4, 0.5) is 21.9 Å². The fourth-order valence-electron chi connectivity index (χ4n) is 2.31. The zero-order valence-corrected chi connectivity index (χ0v) is 15.7. The minimum Gasteiger partial charge on any atom is -0.455 e. The fraction of sp³-hybridized carbons (Fsp3) is 0. The predicted molar refractivity (Wildman–Crippen MR) is 109 cm³/mol. The van der Waals surface area contributed by atoms with Crippen molar-refractivity contribution in [3.63, 3.8) is 0 Å². The highest BCUT2D eigenvalue weighted by Gasteiger charge is 2.13. The number of halogens is 2. The molecule has 0 bridgehead atoms. The molecule has 9 heteroatoms. The van der Waals surface area contributed by atoms with Crippen LogP contribution < -0.4 is 15.4 Å². The second kappa shape index (κ2) is 8.60. The largest absolute Gasteiger partial charge is 0.455 e. The summed E-state index contributed by atoms with van der Waals surface area (Å²) in [5.41, 5.74) is 0.633. The number of rotatable bonds is 5. The van der Waals surface area contributed by atoms with Gasteiger partial charge in [-0.25, -0.2) is 4.79 Å². The lowest BCUT2D eigenvalue weighted by Gasteiger charge is -2.14. The van der Waals surface area contributed by atoms with Gasteiger partial charge in [0.2, 0.25) is 0 Å². The molecule has 0 unspecified atom stereocenters. The SMILES string of the molecule is O=C(Nc1ccccc1Oc1ccc([N+](=O)[O-])cc1)Nc1c(Cl)cccc1Cl. The van der Waals surface area contributed by atoms with Gasteiger partial charge in [0, 0.05) is 12.1 Å². The molecule has 142 valence electrons. The molecule has 2 N–H and O–H groups in total. The predicted octanol–water partition coefficient (Wildman–Crippen LogP) is 6.34. The van der Waals surface area contributed by atoms with Gasteiger partial charge in [-0.2, -0.15) is 0 Å². The summed E-state index contributed by atoms with van der Waals surface area (Å²) in [5.74, 6) is 0.742. The number of carbonyl (C=O) groups is 1. The standard InChI is InChI=1S/C19H13Cl2N3O4/c20-14-4-3-5-15(21)18(14)23-19(25)22-16-6-1-2-7-17(16)28-13-10-8-12(9-11-13)24(26)27/h1-11H,(H2,22,23,25). The van der Waals surface area contributed by atoms with Crippen LogP contribution in [0.15, 0.2) is 66.7 Å². The van der Waals surface area contributed by atoms with Crippen molar-refractivity contribution < 1.29 is 14.5 Å². The van der Waals surface area contributed by atoms with Crippen molar-refractivity contribution in [2.24, 2.45) is 0 Å². The van der Waals surface area contributed by atoms with Gasteiger partial charge in [-0.1, -0.05) is 41.4 Å². The maximum Gasteiger partial charge on any atom is 0.323 e. The van der Waals surface area contributed by atoms with E-state index in [2.05, 4.69) is 10.6 Å². The van der Waals surface area contributed by atoms with E-state index in [9.17, 15) is 14.9 Å². The lowest BCUT2D eigenvalue weighted by Crippen LogP contribution is -2.20. The summed E-state index contributed by atoms with van der Waals surface area (Å²) in [4.78, 5) is 22.6. The Kier molecular flexibility index (Phi) is 5.98.